The molecule has 0 saturated carbocycles. The molecular formula is C22H23BrN2O5. The quantitative estimate of drug-likeness (QED) is 0.461. The molecule has 0 unspecified atom stereocenters. The Morgan fingerprint density at radius 2 is 1.80 bits per heavy atom. The number of carbonyl (C=O) groups is 1. The summed E-state index contributed by atoms with van der Waals surface area (Å²) in [6.45, 7) is 6.52. The highest BCUT2D eigenvalue weighted by Crippen LogP contribution is 2.34. The van der Waals surface area contributed by atoms with Crippen molar-refractivity contribution in [1.29, 1.82) is 0 Å². The van der Waals surface area contributed by atoms with Crippen LogP contribution in [0.1, 0.15) is 30.8 Å². The Bertz CT molecular complexity index is 1130. The molecule has 3 aromatic rings. The first-order chi connectivity index (χ1) is 14.4. The van der Waals surface area contributed by atoms with Gasteiger partial charge in [-0.25, -0.2) is 4.98 Å². The molecule has 0 bridgehead atoms. The minimum absolute atomic E-state index is 0.0404. The molecule has 7 nitrogen and oxygen atoms in total. The Morgan fingerprint density at radius 1 is 1.10 bits per heavy atom. The van der Waals surface area contributed by atoms with Crippen molar-refractivity contribution < 1.29 is 19.0 Å². The highest BCUT2D eigenvalue weighted by molar-refractivity contribution is 9.10. The summed E-state index contributed by atoms with van der Waals surface area (Å²) in [5.41, 5.74) is 2.22. The highest BCUT2D eigenvalue weighted by atomic mass is 79.9. The lowest BCUT2D eigenvalue weighted by Gasteiger charge is -2.14. The van der Waals surface area contributed by atoms with E-state index in [9.17, 15) is 9.59 Å². The van der Waals surface area contributed by atoms with Crippen LogP contribution < -0.4 is 15.0 Å². The van der Waals surface area contributed by atoms with Crippen molar-refractivity contribution in [3.63, 3.8) is 0 Å². The highest BCUT2D eigenvalue weighted by Gasteiger charge is 2.15. The van der Waals surface area contributed by atoms with Crippen LogP contribution >= 0.6 is 15.9 Å². The molecular weight excluding hydrogens is 452 g/mol. The molecule has 2 aromatic heterocycles. The van der Waals surface area contributed by atoms with Gasteiger partial charge in [-0.05, 0) is 50.6 Å². The van der Waals surface area contributed by atoms with E-state index in [1.807, 2.05) is 32.9 Å². The molecule has 8 heteroatoms. The van der Waals surface area contributed by atoms with E-state index in [2.05, 4.69) is 20.9 Å². The molecule has 1 aromatic carbocycles. The molecule has 0 saturated heterocycles. The maximum Gasteiger partial charge on any atom is 0.310 e. The van der Waals surface area contributed by atoms with Gasteiger partial charge in [0.2, 0.25) is 0 Å². The third kappa shape index (κ3) is 4.99. The predicted octanol–water partition coefficient (Wildman–Crippen LogP) is 3.85. The summed E-state index contributed by atoms with van der Waals surface area (Å²) in [4.78, 5) is 29.1. The summed E-state index contributed by atoms with van der Waals surface area (Å²) >= 11 is 3.47. The number of nitrogens with zero attached hydrogens (tertiary/aromatic N) is 2. The number of fused-ring (bicyclic) bond motifs is 1. The Labute approximate surface area is 182 Å². The second-order valence-electron chi connectivity index (χ2n) is 6.54. The van der Waals surface area contributed by atoms with Crippen molar-refractivity contribution in [2.75, 3.05) is 13.2 Å². The SMILES string of the molecule is CCOc1cc(Br)c(CC(=O)OCc2cc(=O)n3c(C)cccc3n2)cc1OCC. The maximum absolute atomic E-state index is 12.4. The van der Waals surface area contributed by atoms with Gasteiger partial charge in [0, 0.05) is 16.2 Å². The Hall–Kier alpha value is -2.87. The van der Waals surface area contributed by atoms with Crippen LogP contribution in [0.4, 0.5) is 0 Å². The van der Waals surface area contributed by atoms with Gasteiger partial charge in [-0.1, -0.05) is 22.0 Å². The van der Waals surface area contributed by atoms with Crippen molar-refractivity contribution >= 4 is 27.5 Å². The third-order valence-electron chi connectivity index (χ3n) is 4.36. The summed E-state index contributed by atoms with van der Waals surface area (Å²) in [5.74, 6) is 0.748. The number of aromatic nitrogens is 2. The third-order valence-corrected chi connectivity index (χ3v) is 5.10. The van der Waals surface area contributed by atoms with E-state index in [1.165, 1.54) is 10.5 Å². The van der Waals surface area contributed by atoms with Gasteiger partial charge in [-0.2, -0.15) is 0 Å². The van der Waals surface area contributed by atoms with Gasteiger partial charge in [-0.3, -0.25) is 14.0 Å². The van der Waals surface area contributed by atoms with Crippen molar-refractivity contribution in [3.8, 4) is 11.5 Å². The monoisotopic (exact) mass is 474 g/mol. The molecule has 0 aliphatic rings. The number of hydrogen-bond donors (Lipinski definition) is 0. The molecule has 0 spiro atoms. The molecule has 0 aliphatic carbocycles. The standard InChI is InChI=1S/C22H23BrN2O5/c1-4-28-18-9-15(17(23)12-19(18)29-5-2)10-22(27)30-13-16-11-21(26)25-14(3)7-6-8-20(25)24-16/h6-9,11-12H,4-5,10,13H2,1-3H3. The first-order valence-electron chi connectivity index (χ1n) is 9.64. The second-order valence-corrected chi connectivity index (χ2v) is 7.39. The topological polar surface area (TPSA) is 79.1 Å². The summed E-state index contributed by atoms with van der Waals surface area (Å²) < 4.78 is 18.8. The zero-order valence-electron chi connectivity index (χ0n) is 17.1. The number of hydrogen-bond acceptors (Lipinski definition) is 6. The normalized spacial score (nSPS) is 10.8. The lowest BCUT2D eigenvalue weighted by Crippen LogP contribution is -2.18. The minimum atomic E-state index is -0.437. The van der Waals surface area contributed by atoms with Crippen molar-refractivity contribution in [1.82, 2.24) is 9.38 Å². The number of carbonyl (C=O) groups excluding carboxylic acids is 1. The lowest BCUT2D eigenvalue weighted by molar-refractivity contribution is -0.144. The van der Waals surface area contributed by atoms with Gasteiger partial charge in [-0.15, -0.1) is 0 Å². The fourth-order valence-corrected chi connectivity index (χ4v) is 3.51. The van der Waals surface area contributed by atoms with Gasteiger partial charge in [0.15, 0.2) is 11.5 Å². The fraction of sp³-hybridized carbons (Fsp3) is 0.318. The van der Waals surface area contributed by atoms with Crippen LogP contribution in [0.15, 0.2) is 45.7 Å². The number of halogens is 1. The number of rotatable bonds is 8. The second kappa shape index (κ2) is 9.75. The van der Waals surface area contributed by atoms with E-state index < -0.39 is 5.97 Å². The first-order valence-corrected chi connectivity index (χ1v) is 10.4. The molecule has 3 rings (SSSR count). The molecule has 158 valence electrons. The van der Waals surface area contributed by atoms with Crippen LogP contribution in [0.2, 0.25) is 0 Å². The van der Waals surface area contributed by atoms with Crippen LogP contribution in [0, 0.1) is 6.92 Å². The number of benzene rings is 1. The zero-order chi connectivity index (χ0) is 21.7. The summed E-state index contributed by atoms with van der Waals surface area (Å²) in [7, 11) is 0. The van der Waals surface area contributed by atoms with Crippen LogP contribution in [0.3, 0.4) is 0 Å². The Morgan fingerprint density at radius 3 is 2.50 bits per heavy atom. The van der Waals surface area contributed by atoms with Crippen LogP contribution in [0.25, 0.3) is 5.65 Å². The van der Waals surface area contributed by atoms with E-state index in [4.69, 9.17) is 14.2 Å². The van der Waals surface area contributed by atoms with E-state index in [-0.39, 0.29) is 18.6 Å². The molecule has 0 amide bonds. The number of pyridine rings is 1. The zero-order valence-corrected chi connectivity index (χ0v) is 18.7. The molecule has 0 N–H and O–H groups in total. The van der Waals surface area contributed by atoms with Crippen molar-refractivity contribution in [2.45, 2.75) is 33.8 Å². The van der Waals surface area contributed by atoms with Crippen LogP contribution in [0.5, 0.6) is 11.5 Å². The molecule has 0 fully saturated rings. The van der Waals surface area contributed by atoms with Gasteiger partial charge >= 0.3 is 5.97 Å². The minimum Gasteiger partial charge on any atom is -0.490 e. The van der Waals surface area contributed by atoms with Gasteiger partial charge in [0.05, 0.1) is 25.3 Å². The predicted molar refractivity (Wildman–Crippen MR) is 116 cm³/mol. The Kier molecular flexibility index (Phi) is 7.10. The van der Waals surface area contributed by atoms with E-state index in [0.29, 0.717) is 41.6 Å². The summed E-state index contributed by atoms with van der Waals surface area (Å²) in [5, 5.41) is 0. The lowest BCUT2D eigenvalue weighted by atomic mass is 10.1. The summed E-state index contributed by atoms with van der Waals surface area (Å²) in [6.07, 6.45) is 0.0404. The molecule has 0 radical (unpaired) electrons. The van der Waals surface area contributed by atoms with E-state index in [1.54, 1.807) is 18.2 Å². The number of aryl methyl sites for hydroxylation is 1. The molecule has 0 aliphatic heterocycles. The van der Waals surface area contributed by atoms with Crippen LogP contribution in [-0.2, 0) is 22.6 Å². The largest absolute Gasteiger partial charge is 0.490 e. The van der Waals surface area contributed by atoms with Gasteiger partial charge in [0.25, 0.3) is 5.56 Å². The van der Waals surface area contributed by atoms with E-state index >= 15 is 0 Å². The maximum atomic E-state index is 12.4. The molecule has 0 atom stereocenters. The van der Waals surface area contributed by atoms with E-state index in [0.717, 1.165) is 10.2 Å². The van der Waals surface area contributed by atoms with Gasteiger partial charge < -0.3 is 14.2 Å². The van der Waals surface area contributed by atoms with Crippen molar-refractivity contribution in [2.24, 2.45) is 0 Å². The van der Waals surface area contributed by atoms with Crippen molar-refractivity contribution in [3.05, 3.63) is 68.2 Å². The molecule has 2 heterocycles. The number of ether oxygens (including phenoxy) is 3. The average molecular weight is 475 g/mol. The number of esters is 1. The fourth-order valence-electron chi connectivity index (χ4n) is 3.05. The smallest absolute Gasteiger partial charge is 0.310 e. The first kappa shape index (κ1) is 21.8. The average Bonchev–Trinajstić information content (AvgIpc) is 2.70. The van der Waals surface area contributed by atoms with Crippen LogP contribution in [-0.4, -0.2) is 28.6 Å². The Balaban J connectivity index is 1.72. The van der Waals surface area contributed by atoms with Gasteiger partial charge in [0.1, 0.15) is 12.3 Å². The molecule has 30 heavy (non-hydrogen) atoms. The summed E-state index contributed by atoms with van der Waals surface area (Å²) in [6, 6.07) is 10.3.